The molecule has 0 aromatic heterocycles. The Hall–Kier alpha value is -0.930. The summed E-state index contributed by atoms with van der Waals surface area (Å²) < 4.78 is 13.9. The Morgan fingerprint density at radius 2 is 2.06 bits per heavy atom. The Kier molecular flexibility index (Phi) is 4.03. The SMILES string of the molecule is CN(C)C[C@@]1(O)CCCC[C@H]1c1ccccc1F. The molecule has 0 radical (unpaired) electrons. The van der Waals surface area contributed by atoms with Gasteiger partial charge in [0.25, 0.3) is 0 Å². The summed E-state index contributed by atoms with van der Waals surface area (Å²) in [5.74, 6) is -0.281. The molecule has 2 nitrogen and oxygen atoms in total. The summed E-state index contributed by atoms with van der Waals surface area (Å²) in [6.07, 6.45) is 3.71. The maximum atomic E-state index is 13.9. The van der Waals surface area contributed by atoms with E-state index in [9.17, 15) is 9.50 Å². The third-order valence-electron chi connectivity index (χ3n) is 3.87. The summed E-state index contributed by atoms with van der Waals surface area (Å²) in [5, 5.41) is 10.9. The molecule has 0 bridgehead atoms. The average molecular weight is 251 g/mol. The molecule has 1 aliphatic rings. The largest absolute Gasteiger partial charge is 0.388 e. The van der Waals surface area contributed by atoms with Crippen molar-refractivity contribution in [1.82, 2.24) is 4.90 Å². The molecule has 0 saturated heterocycles. The van der Waals surface area contributed by atoms with Crippen molar-refractivity contribution in [3.63, 3.8) is 0 Å². The van der Waals surface area contributed by atoms with Crippen LogP contribution < -0.4 is 0 Å². The molecule has 0 heterocycles. The number of hydrogen-bond acceptors (Lipinski definition) is 2. The summed E-state index contributed by atoms with van der Waals surface area (Å²) in [6.45, 7) is 0.589. The number of aliphatic hydroxyl groups is 1. The lowest BCUT2D eigenvalue weighted by atomic mass is 9.71. The van der Waals surface area contributed by atoms with Gasteiger partial charge in [0.15, 0.2) is 0 Å². The van der Waals surface area contributed by atoms with Crippen LogP contribution in [0.4, 0.5) is 4.39 Å². The fourth-order valence-electron chi connectivity index (χ4n) is 3.16. The second kappa shape index (κ2) is 5.37. The zero-order valence-corrected chi connectivity index (χ0v) is 11.2. The molecule has 1 saturated carbocycles. The van der Waals surface area contributed by atoms with E-state index < -0.39 is 5.60 Å². The van der Waals surface area contributed by atoms with E-state index in [1.54, 1.807) is 6.07 Å². The second-order valence-electron chi connectivity index (χ2n) is 5.66. The van der Waals surface area contributed by atoms with Gasteiger partial charge < -0.3 is 10.0 Å². The number of nitrogens with zero attached hydrogens (tertiary/aromatic N) is 1. The number of hydrogen-bond donors (Lipinski definition) is 1. The van der Waals surface area contributed by atoms with Crippen LogP contribution in [0.25, 0.3) is 0 Å². The van der Waals surface area contributed by atoms with Crippen molar-refractivity contribution >= 4 is 0 Å². The molecule has 2 rings (SSSR count). The number of benzene rings is 1. The van der Waals surface area contributed by atoms with Gasteiger partial charge in [-0.25, -0.2) is 4.39 Å². The fourth-order valence-corrected chi connectivity index (χ4v) is 3.16. The molecule has 0 spiro atoms. The second-order valence-corrected chi connectivity index (χ2v) is 5.66. The van der Waals surface area contributed by atoms with Gasteiger partial charge in [-0.05, 0) is 38.6 Å². The highest BCUT2D eigenvalue weighted by Gasteiger charge is 2.41. The molecule has 1 fully saturated rings. The van der Waals surface area contributed by atoms with E-state index in [4.69, 9.17) is 0 Å². The molecular weight excluding hydrogens is 229 g/mol. The molecule has 3 heteroatoms. The molecule has 1 aromatic rings. The van der Waals surface area contributed by atoms with Gasteiger partial charge in [0.2, 0.25) is 0 Å². The quantitative estimate of drug-likeness (QED) is 0.893. The highest BCUT2D eigenvalue weighted by atomic mass is 19.1. The van der Waals surface area contributed by atoms with Gasteiger partial charge in [-0.2, -0.15) is 0 Å². The Morgan fingerprint density at radius 1 is 1.33 bits per heavy atom. The van der Waals surface area contributed by atoms with Crippen LogP contribution in [0.2, 0.25) is 0 Å². The lowest BCUT2D eigenvalue weighted by molar-refractivity contribution is -0.0361. The normalized spacial score (nSPS) is 28.6. The van der Waals surface area contributed by atoms with Gasteiger partial charge >= 0.3 is 0 Å². The minimum absolute atomic E-state index is 0.0881. The molecule has 0 aliphatic heterocycles. The van der Waals surface area contributed by atoms with Crippen molar-refractivity contribution in [2.45, 2.75) is 37.2 Å². The molecule has 0 amide bonds. The van der Waals surface area contributed by atoms with Crippen LogP contribution >= 0.6 is 0 Å². The van der Waals surface area contributed by atoms with E-state index in [0.29, 0.717) is 12.1 Å². The van der Waals surface area contributed by atoms with Gasteiger partial charge in [0.1, 0.15) is 5.82 Å². The Labute approximate surface area is 108 Å². The van der Waals surface area contributed by atoms with Crippen LogP contribution in [0.1, 0.15) is 37.2 Å². The molecule has 1 aromatic carbocycles. The molecule has 18 heavy (non-hydrogen) atoms. The molecule has 1 N–H and O–H groups in total. The summed E-state index contributed by atoms with van der Waals surface area (Å²) in [4.78, 5) is 1.99. The monoisotopic (exact) mass is 251 g/mol. The lowest BCUT2D eigenvalue weighted by Gasteiger charge is -2.42. The standard InChI is InChI=1S/C15H22FNO/c1-17(2)11-15(18)10-6-5-8-13(15)12-7-3-4-9-14(12)16/h3-4,7,9,13,18H,5-6,8,10-11H2,1-2H3/t13-,15-/m0/s1. The van der Waals surface area contributed by atoms with Crippen LogP contribution in [-0.2, 0) is 0 Å². The van der Waals surface area contributed by atoms with Crippen LogP contribution in [-0.4, -0.2) is 36.2 Å². The van der Waals surface area contributed by atoms with E-state index in [0.717, 1.165) is 25.7 Å². The average Bonchev–Trinajstić information content (AvgIpc) is 2.29. The van der Waals surface area contributed by atoms with Crippen molar-refractivity contribution in [1.29, 1.82) is 0 Å². The first-order chi connectivity index (χ1) is 8.53. The Balaban J connectivity index is 2.31. The molecule has 2 atom stereocenters. The van der Waals surface area contributed by atoms with Gasteiger partial charge in [0, 0.05) is 12.5 Å². The van der Waals surface area contributed by atoms with E-state index >= 15 is 0 Å². The molecular formula is C15H22FNO. The minimum atomic E-state index is -0.802. The summed E-state index contributed by atoms with van der Waals surface area (Å²) in [5.41, 5.74) is -0.134. The summed E-state index contributed by atoms with van der Waals surface area (Å²) >= 11 is 0. The fraction of sp³-hybridized carbons (Fsp3) is 0.600. The van der Waals surface area contributed by atoms with E-state index in [1.165, 1.54) is 6.07 Å². The smallest absolute Gasteiger partial charge is 0.126 e. The minimum Gasteiger partial charge on any atom is -0.388 e. The first-order valence-electron chi connectivity index (χ1n) is 6.64. The summed E-state index contributed by atoms with van der Waals surface area (Å²) in [6, 6.07) is 6.85. The summed E-state index contributed by atoms with van der Waals surface area (Å²) in [7, 11) is 3.90. The molecule has 1 aliphatic carbocycles. The number of likely N-dealkylation sites (N-methyl/N-ethyl adjacent to an activating group) is 1. The highest BCUT2D eigenvalue weighted by molar-refractivity contribution is 5.26. The van der Waals surface area contributed by atoms with Gasteiger partial charge in [-0.15, -0.1) is 0 Å². The first kappa shape index (κ1) is 13.5. The van der Waals surface area contributed by atoms with Crippen LogP contribution in [0, 0.1) is 5.82 Å². The van der Waals surface area contributed by atoms with E-state index in [2.05, 4.69) is 0 Å². The Morgan fingerprint density at radius 3 is 2.72 bits per heavy atom. The van der Waals surface area contributed by atoms with Crippen molar-refractivity contribution in [3.05, 3.63) is 35.6 Å². The topological polar surface area (TPSA) is 23.5 Å². The Bertz CT molecular complexity index is 407. The van der Waals surface area contributed by atoms with Crippen molar-refractivity contribution < 1.29 is 9.50 Å². The van der Waals surface area contributed by atoms with Gasteiger partial charge in [-0.3, -0.25) is 0 Å². The van der Waals surface area contributed by atoms with E-state index in [1.807, 2.05) is 31.1 Å². The number of halogens is 1. The van der Waals surface area contributed by atoms with Crippen LogP contribution in [0.15, 0.2) is 24.3 Å². The van der Waals surface area contributed by atoms with Gasteiger partial charge in [0.05, 0.1) is 5.60 Å². The highest BCUT2D eigenvalue weighted by Crippen LogP contribution is 2.42. The predicted octanol–water partition coefficient (Wildman–Crippen LogP) is 2.78. The van der Waals surface area contributed by atoms with Crippen LogP contribution in [0.5, 0.6) is 0 Å². The third-order valence-corrected chi connectivity index (χ3v) is 3.87. The molecule has 100 valence electrons. The lowest BCUT2D eigenvalue weighted by Crippen LogP contribution is -2.47. The predicted molar refractivity (Wildman–Crippen MR) is 71.1 cm³/mol. The zero-order valence-electron chi connectivity index (χ0n) is 11.2. The maximum Gasteiger partial charge on any atom is 0.126 e. The van der Waals surface area contributed by atoms with Crippen molar-refractivity contribution in [2.75, 3.05) is 20.6 Å². The first-order valence-corrected chi connectivity index (χ1v) is 6.64. The van der Waals surface area contributed by atoms with E-state index in [-0.39, 0.29) is 11.7 Å². The maximum absolute atomic E-state index is 13.9. The van der Waals surface area contributed by atoms with Gasteiger partial charge in [-0.1, -0.05) is 31.0 Å². The molecule has 0 unspecified atom stereocenters. The number of rotatable bonds is 3. The van der Waals surface area contributed by atoms with Crippen molar-refractivity contribution in [3.8, 4) is 0 Å². The zero-order chi connectivity index (χ0) is 13.2. The van der Waals surface area contributed by atoms with Crippen molar-refractivity contribution in [2.24, 2.45) is 0 Å². The van der Waals surface area contributed by atoms with Crippen LogP contribution in [0.3, 0.4) is 0 Å². The third kappa shape index (κ3) is 2.73.